The number of benzene rings is 1. The normalized spacial score (nSPS) is 12.0. The van der Waals surface area contributed by atoms with Crippen molar-refractivity contribution in [3.05, 3.63) is 64.0 Å². The third-order valence-electron chi connectivity index (χ3n) is 3.94. The molecule has 7 heteroatoms. The van der Waals surface area contributed by atoms with E-state index in [9.17, 15) is 9.59 Å². The highest BCUT2D eigenvalue weighted by atomic mass is 79.9. The van der Waals surface area contributed by atoms with Gasteiger partial charge in [-0.05, 0) is 66.5 Å². The lowest BCUT2D eigenvalue weighted by molar-refractivity contribution is -0.123. The van der Waals surface area contributed by atoms with Crippen molar-refractivity contribution in [2.24, 2.45) is 0 Å². The number of halogens is 1. The zero-order valence-electron chi connectivity index (χ0n) is 14.6. The van der Waals surface area contributed by atoms with Crippen LogP contribution in [0.15, 0.2) is 47.1 Å². The average molecular weight is 416 g/mol. The number of imidazole rings is 1. The summed E-state index contributed by atoms with van der Waals surface area (Å²) in [5.74, 6) is -1.05. The largest absolute Gasteiger partial charge is 0.448 e. The minimum atomic E-state index is -0.957. The first-order chi connectivity index (χ1) is 12.3. The van der Waals surface area contributed by atoms with Crippen molar-refractivity contribution in [1.29, 1.82) is 0 Å². The van der Waals surface area contributed by atoms with E-state index >= 15 is 0 Å². The lowest BCUT2D eigenvalue weighted by atomic mass is 10.2. The van der Waals surface area contributed by atoms with E-state index in [1.165, 1.54) is 6.92 Å². The van der Waals surface area contributed by atoms with Crippen molar-refractivity contribution in [3.8, 4) is 0 Å². The number of amides is 1. The minimum Gasteiger partial charge on any atom is -0.448 e. The monoisotopic (exact) mass is 415 g/mol. The highest BCUT2D eigenvalue weighted by Crippen LogP contribution is 2.23. The Morgan fingerprint density at radius 3 is 2.69 bits per heavy atom. The van der Waals surface area contributed by atoms with Gasteiger partial charge < -0.3 is 14.5 Å². The summed E-state index contributed by atoms with van der Waals surface area (Å²) in [5.41, 5.74) is 3.44. The molecule has 0 fully saturated rings. The van der Waals surface area contributed by atoms with Gasteiger partial charge in [-0.1, -0.05) is 12.1 Å². The Bertz CT molecular complexity index is 997. The number of nitrogens with zero attached hydrogens (tertiary/aromatic N) is 2. The molecule has 0 aliphatic carbocycles. The van der Waals surface area contributed by atoms with Gasteiger partial charge in [-0.3, -0.25) is 4.79 Å². The number of pyridine rings is 1. The van der Waals surface area contributed by atoms with E-state index < -0.39 is 18.0 Å². The van der Waals surface area contributed by atoms with E-state index in [4.69, 9.17) is 4.74 Å². The maximum absolute atomic E-state index is 12.3. The summed E-state index contributed by atoms with van der Waals surface area (Å²) >= 11 is 3.40. The summed E-state index contributed by atoms with van der Waals surface area (Å²) in [6.45, 7) is 5.40. The topological polar surface area (TPSA) is 72.7 Å². The highest BCUT2D eigenvalue weighted by molar-refractivity contribution is 9.10. The molecule has 0 saturated carbocycles. The summed E-state index contributed by atoms with van der Waals surface area (Å²) in [6, 6.07) is 11.1. The minimum absolute atomic E-state index is 0.162. The van der Waals surface area contributed by atoms with E-state index in [1.807, 2.05) is 38.1 Å². The number of ether oxygens (including phenoxy) is 1. The predicted molar refractivity (Wildman–Crippen MR) is 102 cm³/mol. The summed E-state index contributed by atoms with van der Waals surface area (Å²) < 4.78 is 7.82. The molecule has 134 valence electrons. The lowest BCUT2D eigenvalue weighted by Gasteiger charge is -2.14. The second kappa shape index (κ2) is 7.29. The number of hydrogen-bond acceptors (Lipinski definition) is 4. The number of carbonyl (C=O) groups excluding carboxylic acids is 2. The number of rotatable bonds is 4. The summed E-state index contributed by atoms with van der Waals surface area (Å²) in [6.07, 6.45) is 0.649. The van der Waals surface area contributed by atoms with Gasteiger partial charge in [-0.25, -0.2) is 9.78 Å². The zero-order valence-corrected chi connectivity index (χ0v) is 16.2. The number of nitrogens with one attached hydrogen (secondary N) is 1. The summed E-state index contributed by atoms with van der Waals surface area (Å²) in [4.78, 5) is 28.9. The number of hydrogen-bond donors (Lipinski definition) is 1. The molecule has 0 aliphatic rings. The van der Waals surface area contributed by atoms with Gasteiger partial charge in [0.1, 0.15) is 5.65 Å². The van der Waals surface area contributed by atoms with Crippen LogP contribution in [0.1, 0.15) is 28.7 Å². The molecule has 0 unspecified atom stereocenters. The van der Waals surface area contributed by atoms with E-state index in [0.717, 1.165) is 15.7 Å². The number of anilines is 1. The van der Waals surface area contributed by atoms with Crippen LogP contribution >= 0.6 is 15.9 Å². The fourth-order valence-electron chi connectivity index (χ4n) is 2.48. The van der Waals surface area contributed by atoms with Gasteiger partial charge in [0.05, 0.1) is 5.69 Å². The van der Waals surface area contributed by atoms with Crippen molar-refractivity contribution in [2.45, 2.75) is 26.9 Å². The Morgan fingerprint density at radius 2 is 2.00 bits per heavy atom. The molecule has 6 nitrogen and oxygen atoms in total. The molecule has 3 aromatic rings. The fraction of sp³-hybridized carbons (Fsp3) is 0.211. The molecule has 0 aliphatic heterocycles. The van der Waals surface area contributed by atoms with Gasteiger partial charge in [0.15, 0.2) is 11.8 Å². The molecule has 2 heterocycles. The molecule has 1 amide bonds. The van der Waals surface area contributed by atoms with Crippen LogP contribution in [0.25, 0.3) is 5.65 Å². The molecule has 0 bridgehead atoms. The lowest BCUT2D eigenvalue weighted by Crippen LogP contribution is -2.30. The quantitative estimate of drug-likeness (QED) is 0.655. The molecule has 26 heavy (non-hydrogen) atoms. The number of esters is 1. The first kappa shape index (κ1) is 18.1. The number of aromatic nitrogens is 2. The Balaban J connectivity index is 1.69. The zero-order chi connectivity index (χ0) is 18.8. The molecule has 1 aromatic carbocycles. The molecular weight excluding hydrogens is 398 g/mol. The average Bonchev–Trinajstić information content (AvgIpc) is 3.03. The smallest absolute Gasteiger partial charge is 0.359 e. The fourth-order valence-corrected chi connectivity index (χ4v) is 3.07. The Hall–Kier alpha value is -2.67. The molecular formula is C19H18BrN3O3. The van der Waals surface area contributed by atoms with Crippen LogP contribution in [-0.2, 0) is 9.53 Å². The van der Waals surface area contributed by atoms with Crippen molar-refractivity contribution >= 4 is 39.1 Å². The second-order valence-electron chi connectivity index (χ2n) is 6.04. The van der Waals surface area contributed by atoms with E-state index in [0.29, 0.717) is 11.3 Å². The van der Waals surface area contributed by atoms with Gasteiger partial charge in [0, 0.05) is 16.4 Å². The van der Waals surface area contributed by atoms with Gasteiger partial charge in [-0.15, -0.1) is 0 Å². The standard InChI is InChI=1S/C19H18BrN3O3/c1-11-7-8-15(14(20)9-11)22-18(24)13(3)26-19(25)16-10-23-12(2)5-4-6-17(23)21-16/h4-10,13H,1-3H3,(H,22,24)/t13-/m1/s1. The maximum Gasteiger partial charge on any atom is 0.359 e. The van der Waals surface area contributed by atoms with Crippen LogP contribution in [0, 0.1) is 13.8 Å². The van der Waals surface area contributed by atoms with Crippen LogP contribution in [0.3, 0.4) is 0 Å². The van der Waals surface area contributed by atoms with Gasteiger partial charge in [-0.2, -0.15) is 0 Å². The Kier molecular flexibility index (Phi) is 5.08. The van der Waals surface area contributed by atoms with Crippen molar-refractivity contribution < 1.29 is 14.3 Å². The molecule has 2 aromatic heterocycles. The summed E-state index contributed by atoms with van der Waals surface area (Å²) in [5, 5.41) is 2.74. The highest BCUT2D eigenvalue weighted by Gasteiger charge is 2.21. The molecule has 0 saturated heterocycles. The van der Waals surface area contributed by atoms with Crippen LogP contribution < -0.4 is 5.32 Å². The summed E-state index contributed by atoms with van der Waals surface area (Å²) in [7, 11) is 0. The van der Waals surface area contributed by atoms with E-state index in [2.05, 4.69) is 26.2 Å². The van der Waals surface area contributed by atoms with E-state index in [1.54, 1.807) is 22.7 Å². The van der Waals surface area contributed by atoms with Crippen LogP contribution in [-0.4, -0.2) is 27.4 Å². The molecule has 1 atom stereocenters. The predicted octanol–water partition coefficient (Wildman–Crippen LogP) is 3.90. The maximum atomic E-state index is 12.3. The Morgan fingerprint density at radius 1 is 1.23 bits per heavy atom. The molecule has 0 spiro atoms. The molecule has 0 radical (unpaired) electrons. The number of fused-ring (bicyclic) bond motifs is 1. The van der Waals surface area contributed by atoms with Crippen LogP contribution in [0.4, 0.5) is 5.69 Å². The van der Waals surface area contributed by atoms with Crippen molar-refractivity contribution in [2.75, 3.05) is 5.32 Å². The number of aryl methyl sites for hydroxylation is 2. The van der Waals surface area contributed by atoms with Gasteiger partial charge in [0.2, 0.25) is 0 Å². The van der Waals surface area contributed by atoms with Crippen LogP contribution in [0.5, 0.6) is 0 Å². The van der Waals surface area contributed by atoms with Crippen molar-refractivity contribution in [1.82, 2.24) is 9.38 Å². The Labute approximate surface area is 159 Å². The molecule has 1 N–H and O–H groups in total. The number of carbonyl (C=O) groups is 2. The molecule has 3 rings (SSSR count). The van der Waals surface area contributed by atoms with Gasteiger partial charge >= 0.3 is 5.97 Å². The van der Waals surface area contributed by atoms with Gasteiger partial charge in [0.25, 0.3) is 5.91 Å². The SMILES string of the molecule is Cc1ccc(NC(=O)[C@@H](C)OC(=O)c2cn3c(C)cccc3n2)c(Br)c1. The van der Waals surface area contributed by atoms with Crippen LogP contribution in [0.2, 0.25) is 0 Å². The third-order valence-corrected chi connectivity index (χ3v) is 4.60. The first-order valence-electron chi connectivity index (χ1n) is 8.08. The second-order valence-corrected chi connectivity index (χ2v) is 6.90. The van der Waals surface area contributed by atoms with E-state index in [-0.39, 0.29) is 5.69 Å². The first-order valence-corrected chi connectivity index (χ1v) is 8.87. The third kappa shape index (κ3) is 3.77. The van der Waals surface area contributed by atoms with Crippen molar-refractivity contribution in [3.63, 3.8) is 0 Å².